The molecule has 0 aliphatic rings. The lowest BCUT2D eigenvalue weighted by Crippen LogP contribution is -2.57. The molecule has 0 saturated heterocycles. The van der Waals surface area contributed by atoms with Crippen LogP contribution in [-0.4, -0.2) is 64.3 Å². The third-order valence-corrected chi connectivity index (χ3v) is 6.70. The first-order chi connectivity index (χ1) is 19.2. The summed E-state index contributed by atoms with van der Waals surface area (Å²) < 4.78 is 0. The quantitative estimate of drug-likeness (QED) is 0.145. The Morgan fingerprint density at radius 1 is 0.800 bits per heavy atom. The number of nitrogens with one attached hydrogen (secondary N) is 3. The molecule has 0 heterocycles. The molecule has 0 fully saturated rings. The lowest BCUT2D eigenvalue weighted by atomic mass is 10.0. The number of benzene rings is 3. The summed E-state index contributed by atoms with van der Waals surface area (Å²) in [6, 6.07) is 16.3. The number of fused-ring (bicyclic) bond motifs is 1. The van der Waals surface area contributed by atoms with E-state index in [0.29, 0.717) is 12.0 Å². The number of carboxylic acid groups (broad SMARTS) is 1. The number of carbonyl (C=O) groups excluding carboxylic acids is 3. The molecule has 0 aliphatic heterocycles. The van der Waals surface area contributed by atoms with Crippen molar-refractivity contribution < 1.29 is 29.4 Å². The van der Waals surface area contributed by atoms with Crippen LogP contribution in [0.1, 0.15) is 24.0 Å². The van der Waals surface area contributed by atoms with E-state index in [1.165, 1.54) is 12.1 Å². The molecule has 0 aromatic heterocycles. The Bertz CT molecular complexity index is 1330. The smallest absolute Gasteiger partial charge is 0.326 e. The minimum absolute atomic E-state index is 0.0299. The highest BCUT2D eigenvalue weighted by Gasteiger charge is 2.29. The fraction of sp³-hybridized carbons (Fsp3) is 0.310. The Morgan fingerprint density at radius 2 is 1.43 bits per heavy atom. The monoisotopic (exact) mass is 566 g/mol. The Labute approximate surface area is 237 Å². The number of hydrogen-bond acceptors (Lipinski definition) is 7. The van der Waals surface area contributed by atoms with E-state index >= 15 is 0 Å². The minimum Gasteiger partial charge on any atom is -0.508 e. The van der Waals surface area contributed by atoms with Gasteiger partial charge in [0, 0.05) is 12.2 Å². The molecule has 10 nitrogen and oxygen atoms in total. The van der Waals surface area contributed by atoms with Gasteiger partial charge >= 0.3 is 5.97 Å². The Kier molecular flexibility index (Phi) is 11.3. The van der Waals surface area contributed by atoms with Crippen LogP contribution in [0.2, 0.25) is 0 Å². The average Bonchev–Trinajstić information content (AvgIpc) is 2.94. The van der Waals surface area contributed by atoms with Gasteiger partial charge in [-0.1, -0.05) is 54.6 Å². The van der Waals surface area contributed by atoms with Gasteiger partial charge in [-0.05, 0) is 53.4 Å². The molecule has 11 heteroatoms. The van der Waals surface area contributed by atoms with Crippen molar-refractivity contribution in [1.82, 2.24) is 16.0 Å². The molecule has 3 aromatic carbocycles. The Balaban J connectivity index is 1.73. The number of phenolic OH excluding ortho intramolecular Hbond substituents is 1. The van der Waals surface area contributed by atoms with Gasteiger partial charge in [0.15, 0.2) is 0 Å². The molecule has 40 heavy (non-hydrogen) atoms. The SMILES string of the molecule is NCCCC(NC(=O)[C@H](CS)NC(=O)C(Cc1ccc(O)cc1)NC(=O)Cc1ccc2ccccc2c1)C(=O)O. The molecule has 3 aromatic rings. The van der Waals surface area contributed by atoms with E-state index in [1.54, 1.807) is 12.1 Å². The zero-order valence-electron chi connectivity index (χ0n) is 21.9. The minimum atomic E-state index is -1.21. The van der Waals surface area contributed by atoms with E-state index < -0.39 is 41.8 Å². The summed E-state index contributed by atoms with van der Waals surface area (Å²) in [7, 11) is 0. The molecule has 3 amide bonds. The van der Waals surface area contributed by atoms with Gasteiger partial charge in [-0.25, -0.2) is 4.79 Å². The second kappa shape index (κ2) is 14.9. The van der Waals surface area contributed by atoms with Gasteiger partial charge in [0.05, 0.1) is 6.42 Å². The molecule has 0 bridgehead atoms. The molecular weight excluding hydrogens is 532 g/mol. The maximum absolute atomic E-state index is 13.3. The number of rotatable bonds is 14. The predicted molar refractivity (Wildman–Crippen MR) is 155 cm³/mol. The number of aromatic hydroxyl groups is 1. The van der Waals surface area contributed by atoms with E-state index in [1.807, 2.05) is 42.5 Å². The third-order valence-electron chi connectivity index (χ3n) is 6.33. The van der Waals surface area contributed by atoms with Gasteiger partial charge in [0.2, 0.25) is 17.7 Å². The van der Waals surface area contributed by atoms with Crippen molar-refractivity contribution >= 4 is 47.1 Å². The zero-order valence-corrected chi connectivity index (χ0v) is 22.8. The van der Waals surface area contributed by atoms with E-state index in [9.17, 15) is 29.4 Å². The number of amides is 3. The van der Waals surface area contributed by atoms with Crippen LogP contribution < -0.4 is 21.7 Å². The molecule has 7 N–H and O–H groups in total. The zero-order chi connectivity index (χ0) is 29.1. The highest BCUT2D eigenvalue weighted by molar-refractivity contribution is 7.80. The molecule has 3 atom stereocenters. The first-order valence-corrected chi connectivity index (χ1v) is 13.5. The van der Waals surface area contributed by atoms with Crippen LogP contribution >= 0.6 is 12.6 Å². The van der Waals surface area contributed by atoms with Gasteiger partial charge in [-0.2, -0.15) is 12.6 Å². The van der Waals surface area contributed by atoms with Crippen LogP contribution in [0.5, 0.6) is 5.75 Å². The first-order valence-electron chi connectivity index (χ1n) is 12.9. The first kappa shape index (κ1) is 30.5. The molecule has 212 valence electrons. The molecule has 0 spiro atoms. The van der Waals surface area contributed by atoms with E-state index in [-0.39, 0.29) is 37.3 Å². The van der Waals surface area contributed by atoms with Crippen LogP contribution in [0.4, 0.5) is 0 Å². The van der Waals surface area contributed by atoms with Crippen molar-refractivity contribution in [2.75, 3.05) is 12.3 Å². The molecule has 0 aliphatic carbocycles. The van der Waals surface area contributed by atoms with Crippen molar-refractivity contribution in [3.63, 3.8) is 0 Å². The van der Waals surface area contributed by atoms with Gasteiger partial charge < -0.3 is 31.9 Å². The number of hydrogen-bond donors (Lipinski definition) is 7. The van der Waals surface area contributed by atoms with Gasteiger partial charge in [0.25, 0.3) is 0 Å². The fourth-order valence-electron chi connectivity index (χ4n) is 4.17. The van der Waals surface area contributed by atoms with Crippen LogP contribution in [0.3, 0.4) is 0 Å². The summed E-state index contributed by atoms with van der Waals surface area (Å²) >= 11 is 4.16. The predicted octanol–water partition coefficient (Wildman–Crippen LogP) is 1.54. The van der Waals surface area contributed by atoms with Gasteiger partial charge in [0.1, 0.15) is 23.9 Å². The average molecular weight is 567 g/mol. The van der Waals surface area contributed by atoms with E-state index in [4.69, 9.17) is 5.73 Å². The molecule has 0 radical (unpaired) electrons. The number of thiol groups is 1. The second-order valence-electron chi connectivity index (χ2n) is 9.42. The second-order valence-corrected chi connectivity index (χ2v) is 9.79. The normalized spacial score (nSPS) is 13.2. The Hall–Kier alpha value is -4.09. The van der Waals surface area contributed by atoms with E-state index in [0.717, 1.165) is 16.3 Å². The maximum atomic E-state index is 13.3. The maximum Gasteiger partial charge on any atom is 0.326 e. The Morgan fingerprint density at radius 3 is 2.08 bits per heavy atom. The van der Waals surface area contributed by atoms with Gasteiger partial charge in [-0.3, -0.25) is 14.4 Å². The lowest BCUT2D eigenvalue weighted by molar-refractivity contribution is -0.142. The third kappa shape index (κ3) is 8.99. The summed E-state index contributed by atoms with van der Waals surface area (Å²) in [5.41, 5.74) is 6.89. The van der Waals surface area contributed by atoms with Crippen molar-refractivity contribution in [1.29, 1.82) is 0 Å². The van der Waals surface area contributed by atoms with E-state index in [2.05, 4.69) is 28.6 Å². The highest BCUT2D eigenvalue weighted by atomic mass is 32.1. The molecule has 3 rings (SSSR count). The topological polar surface area (TPSA) is 171 Å². The number of aliphatic carboxylic acids is 1. The fourth-order valence-corrected chi connectivity index (χ4v) is 4.43. The van der Waals surface area contributed by atoms with Crippen molar-refractivity contribution in [2.24, 2.45) is 5.73 Å². The molecule has 0 saturated carbocycles. The number of phenols is 1. The standard InChI is InChI=1S/C29H34N4O6S/c30-13-3-6-23(29(38)39)32-28(37)25(17-40)33-27(36)24(15-18-8-11-22(34)12-9-18)31-26(35)16-19-7-10-20-4-1-2-5-21(20)14-19/h1-2,4-5,7-12,14,23-25,34,40H,3,6,13,15-17,30H2,(H,31,35)(H,32,37)(H,33,36)(H,38,39)/t23?,24?,25-/m0/s1. The summed E-state index contributed by atoms with van der Waals surface area (Å²) in [5.74, 6) is -3.00. The number of carboxylic acids is 1. The van der Waals surface area contributed by atoms with Crippen LogP contribution in [-0.2, 0) is 32.0 Å². The summed E-state index contributed by atoms with van der Waals surface area (Å²) in [4.78, 5) is 50.7. The summed E-state index contributed by atoms with van der Waals surface area (Å²) in [6.45, 7) is 0.268. The lowest BCUT2D eigenvalue weighted by Gasteiger charge is -2.24. The molecular formula is C29H34N4O6S. The van der Waals surface area contributed by atoms with Crippen LogP contribution in [0.15, 0.2) is 66.7 Å². The van der Waals surface area contributed by atoms with Crippen LogP contribution in [0.25, 0.3) is 10.8 Å². The van der Waals surface area contributed by atoms with Crippen LogP contribution in [0, 0.1) is 0 Å². The van der Waals surface area contributed by atoms with Crippen molar-refractivity contribution in [2.45, 2.75) is 43.8 Å². The van der Waals surface area contributed by atoms with Crippen molar-refractivity contribution in [3.05, 3.63) is 77.9 Å². The largest absolute Gasteiger partial charge is 0.508 e. The highest BCUT2D eigenvalue weighted by Crippen LogP contribution is 2.16. The van der Waals surface area contributed by atoms with Gasteiger partial charge in [-0.15, -0.1) is 0 Å². The summed E-state index contributed by atoms with van der Waals surface area (Å²) in [6.07, 6.45) is 0.652. The number of nitrogens with two attached hydrogens (primary N) is 1. The molecule has 2 unspecified atom stereocenters. The summed E-state index contributed by atoms with van der Waals surface area (Å²) in [5, 5.41) is 28.8. The number of carbonyl (C=O) groups is 4. The van der Waals surface area contributed by atoms with Crippen molar-refractivity contribution in [3.8, 4) is 5.75 Å².